The Hall–Kier alpha value is -3.07. The molecule has 0 fully saturated rings. The number of benzene rings is 2. The maximum Gasteiger partial charge on any atom is 0.251 e. The monoisotopic (exact) mass is 564 g/mol. The van der Waals surface area contributed by atoms with E-state index in [1.165, 1.54) is 12.5 Å². The summed E-state index contributed by atoms with van der Waals surface area (Å²) in [6.45, 7) is 5.25. The van der Waals surface area contributed by atoms with Crippen molar-refractivity contribution in [3.63, 3.8) is 0 Å². The molecule has 0 saturated carbocycles. The molecule has 0 bridgehead atoms. The van der Waals surface area contributed by atoms with Crippen LogP contribution in [0, 0.1) is 0 Å². The van der Waals surface area contributed by atoms with Gasteiger partial charge >= 0.3 is 0 Å². The van der Waals surface area contributed by atoms with Crippen molar-refractivity contribution in [1.29, 1.82) is 0 Å². The van der Waals surface area contributed by atoms with Crippen LogP contribution in [0.1, 0.15) is 14.4 Å². The van der Waals surface area contributed by atoms with Crippen LogP contribution < -0.4 is 16.6 Å². The SMILES string of the molecule is C.C=CC.NC(O)=S.NC(O)=S.NS(=O)(=O)c1ccccc1-c1ocnc1-c1ccc(Cl)cc1.O. The minimum Gasteiger partial charge on any atom is -0.487 e. The highest BCUT2D eigenvalue weighted by Crippen LogP contribution is 2.34. The van der Waals surface area contributed by atoms with Crippen LogP contribution in [0.4, 0.5) is 0 Å². The summed E-state index contributed by atoms with van der Waals surface area (Å²) in [5, 5.41) is 20.0. The molecule has 0 radical (unpaired) electrons. The van der Waals surface area contributed by atoms with Crippen LogP contribution in [0.5, 0.6) is 0 Å². The summed E-state index contributed by atoms with van der Waals surface area (Å²) >= 11 is 13.6. The Kier molecular flexibility index (Phi) is 19.1. The quantitative estimate of drug-likeness (QED) is 0.228. The van der Waals surface area contributed by atoms with E-state index in [1.54, 1.807) is 48.5 Å². The van der Waals surface area contributed by atoms with Gasteiger partial charge in [0, 0.05) is 16.1 Å². The summed E-state index contributed by atoms with van der Waals surface area (Å²) in [5.41, 5.74) is 10.4. The van der Waals surface area contributed by atoms with E-state index in [9.17, 15) is 8.42 Å². The molecule has 2 aromatic carbocycles. The highest BCUT2D eigenvalue weighted by Gasteiger charge is 2.20. The van der Waals surface area contributed by atoms with Crippen LogP contribution in [0.3, 0.4) is 0 Å². The number of primary sulfonamides is 1. The fraction of sp³-hybridized carbons (Fsp3) is 0.0952. The third-order valence-electron chi connectivity index (χ3n) is 3.12. The van der Waals surface area contributed by atoms with Gasteiger partial charge in [-0.25, -0.2) is 18.5 Å². The van der Waals surface area contributed by atoms with E-state index in [-0.39, 0.29) is 17.8 Å². The molecule has 10 nitrogen and oxygen atoms in total. The van der Waals surface area contributed by atoms with Crippen molar-refractivity contribution >= 4 is 56.4 Å². The van der Waals surface area contributed by atoms with Gasteiger partial charge in [-0.15, -0.1) is 6.58 Å². The fourth-order valence-electron chi connectivity index (χ4n) is 2.15. The zero-order chi connectivity index (χ0) is 25.6. The van der Waals surface area contributed by atoms with Gasteiger partial charge < -0.3 is 31.6 Å². The lowest BCUT2D eigenvalue weighted by molar-refractivity contribution is 0.559. The van der Waals surface area contributed by atoms with Gasteiger partial charge in [0.25, 0.3) is 10.3 Å². The summed E-state index contributed by atoms with van der Waals surface area (Å²) < 4.78 is 28.9. The number of halogens is 1. The third-order valence-corrected chi connectivity index (χ3v) is 4.34. The number of sulfonamides is 1. The lowest BCUT2D eigenvalue weighted by Gasteiger charge is -2.07. The second-order valence-corrected chi connectivity index (χ2v) is 8.47. The Balaban J connectivity index is -0.000000673. The summed E-state index contributed by atoms with van der Waals surface area (Å²) in [5.74, 6) is 0.340. The van der Waals surface area contributed by atoms with E-state index in [0.29, 0.717) is 22.0 Å². The Labute approximate surface area is 220 Å². The zero-order valence-electron chi connectivity index (χ0n) is 17.9. The molecule has 14 heteroatoms. The van der Waals surface area contributed by atoms with Crippen molar-refractivity contribution in [1.82, 2.24) is 4.98 Å². The van der Waals surface area contributed by atoms with E-state index in [2.05, 4.69) is 47.5 Å². The van der Waals surface area contributed by atoms with Crippen LogP contribution >= 0.6 is 36.0 Å². The minimum atomic E-state index is -3.87. The Morgan fingerprint density at radius 2 is 1.51 bits per heavy atom. The molecule has 0 aliphatic rings. The van der Waals surface area contributed by atoms with Crippen LogP contribution in [0.2, 0.25) is 5.02 Å². The number of rotatable bonds is 3. The number of oxazole rings is 1. The molecule has 1 heterocycles. The summed E-state index contributed by atoms with van der Waals surface area (Å²) in [7, 11) is -3.87. The first-order chi connectivity index (χ1) is 15.3. The van der Waals surface area contributed by atoms with Crippen LogP contribution in [0.15, 0.2) is 76.9 Å². The van der Waals surface area contributed by atoms with Crippen molar-refractivity contribution in [3.05, 3.63) is 72.6 Å². The molecule has 0 atom stereocenters. The second-order valence-electron chi connectivity index (χ2n) is 5.66. The standard InChI is InChI=1S/C15H11ClN2O3S.C3H6.2CH3NOS.CH4.H2O/c16-11-7-5-10(6-8-11)14-15(21-9-18-14)12-3-1-2-4-13(12)22(17,19)20;1-3-2;2*2-1(3)4;;/h1-9H,(H2,17,19,20);3H,1H2,2H3;2*(H3,2,3,4);1H4;1H2. The predicted molar refractivity (Wildman–Crippen MR) is 149 cm³/mol. The first kappa shape index (κ1) is 36.5. The molecule has 0 aliphatic carbocycles. The molecular formula is C21H29ClN4O6S3. The summed E-state index contributed by atoms with van der Waals surface area (Å²) in [6.07, 6.45) is 3.01. The van der Waals surface area contributed by atoms with Crippen LogP contribution in [-0.2, 0) is 10.0 Å². The second kappa shape index (κ2) is 18.3. The van der Waals surface area contributed by atoms with Gasteiger partial charge in [0.05, 0.1) is 4.90 Å². The number of nitrogens with two attached hydrogens (primary N) is 3. The molecule has 0 saturated heterocycles. The van der Waals surface area contributed by atoms with Crippen molar-refractivity contribution in [2.45, 2.75) is 19.2 Å². The highest BCUT2D eigenvalue weighted by molar-refractivity contribution is 7.89. The van der Waals surface area contributed by atoms with Gasteiger partial charge in [0.1, 0.15) is 5.69 Å². The summed E-state index contributed by atoms with van der Waals surface area (Å²) in [6, 6.07) is 13.4. The number of hydrogen-bond acceptors (Lipinski definition) is 6. The lowest BCUT2D eigenvalue weighted by atomic mass is 10.1. The maximum absolute atomic E-state index is 11.7. The number of hydrogen-bond donors (Lipinski definition) is 5. The average molecular weight is 565 g/mol. The van der Waals surface area contributed by atoms with E-state index in [4.69, 9.17) is 31.4 Å². The normalized spacial score (nSPS) is 9.00. The smallest absolute Gasteiger partial charge is 0.251 e. The topological polar surface area (TPSA) is 210 Å². The Bertz CT molecular complexity index is 1150. The van der Waals surface area contributed by atoms with E-state index < -0.39 is 20.4 Å². The van der Waals surface area contributed by atoms with Crippen molar-refractivity contribution in [3.8, 4) is 22.6 Å². The molecule has 3 rings (SSSR count). The number of aliphatic hydroxyl groups is 2. The number of aliphatic hydroxyl groups excluding tert-OH is 2. The Morgan fingerprint density at radius 3 is 1.94 bits per heavy atom. The molecule has 3 aromatic rings. The van der Waals surface area contributed by atoms with Gasteiger partial charge in [-0.05, 0) is 55.6 Å². The van der Waals surface area contributed by atoms with Gasteiger partial charge in [0.2, 0.25) is 10.0 Å². The van der Waals surface area contributed by atoms with Gasteiger partial charge in [0.15, 0.2) is 12.2 Å². The minimum absolute atomic E-state index is 0. The molecular weight excluding hydrogens is 536 g/mol. The largest absolute Gasteiger partial charge is 0.487 e. The van der Waals surface area contributed by atoms with E-state index >= 15 is 0 Å². The number of nitrogens with zero attached hydrogens (tertiary/aromatic N) is 1. The van der Waals surface area contributed by atoms with Crippen molar-refractivity contribution in [2.24, 2.45) is 16.6 Å². The van der Waals surface area contributed by atoms with Crippen molar-refractivity contribution < 1.29 is 28.5 Å². The highest BCUT2D eigenvalue weighted by atomic mass is 35.5. The van der Waals surface area contributed by atoms with E-state index in [0.717, 1.165) is 5.56 Å². The maximum atomic E-state index is 11.7. The molecule has 0 unspecified atom stereocenters. The first-order valence-corrected chi connectivity index (χ1v) is 11.4. The molecule has 35 heavy (non-hydrogen) atoms. The van der Waals surface area contributed by atoms with Gasteiger partial charge in [-0.2, -0.15) is 0 Å². The average Bonchev–Trinajstić information content (AvgIpc) is 3.17. The summed E-state index contributed by atoms with van der Waals surface area (Å²) in [4.78, 5) is 4.16. The molecule has 1 aromatic heterocycles. The molecule has 0 amide bonds. The number of allylic oxidation sites excluding steroid dienone is 1. The Morgan fingerprint density at radius 1 is 1.09 bits per heavy atom. The van der Waals surface area contributed by atoms with Crippen LogP contribution in [0.25, 0.3) is 22.6 Å². The zero-order valence-corrected chi connectivity index (χ0v) is 21.1. The predicted octanol–water partition coefficient (Wildman–Crippen LogP) is 3.89. The van der Waals surface area contributed by atoms with Gasteiger partial charge in [-0.1, -0.05) is 49.4 Å². The number of aromatic nitrogens is 1. The fourth-order valence-corrected chi connectivity index (χ4v) is 3.01. The van der Waals surface area contributed by atoms with Crippen LogP contribution in [-0.4, -0.2) is 39.4 Å². The first-order valence-electron chi connectivity index (χ1n) is 8.70. The van der Waals surface area contributed by atoms with Gasteiger partial charge in [-0.3, -0.25) is 0 Å². The molecule has 0 spiro atoms. The molecule has 194 valence electrons. The lowest BCUT2D eigenvalue weighted by Crippen LogP contribution is -2.13. The molecule has 10 N–H and O–H groups in total. The third kappa shape index (κ3) is 14.7. The van der Waals surface area contributed by atoms with Crippen molar-refractivity contribution in [2.75, 3.05) is 0 Å². The number of thiocarbonyl (C=S) groups is 2. The molecule has 0 aliphatic heterocycles. The van der Waals surface area contributed by atoms with E-state index in [1.807, 2.05) is 6.92 Å².